The van der Waals surface area contributed by atoms with Crippen LogP contribution in [0.2, 0.25) is 0 Å². The van der Waals surface area contributed by atoms with Crippen molar-refractivity contribution in [3.63, 3.8) is 0 Å². The maximum Gasteiger partial charge on any atom is 0.393 e. The van der Waals surface area contributed by atoms with Gasteiger partial charge in [-0.25, -0.2) is 4.98 Å². The third-order valence-electron chi connectivity index (χ3n) is 3.00. The fraction of sp³-hybridized carbons (Fsp3) is 0.455. The first kappa shape index (κ1) is 13.6. The number of alkyl halides is 3. The maximum absolute atomic E-state index is 12.7. The van der Waals surface area contributed by atoms with E-state index in [-0.39, 0.29) is 24.7 Å². The Kier molecular flexibility index (Phi) is 3.61. The Bertz CT molecular complexity index is 478. The van der Waals surface area contributed by atoms with Crippen molar-refractivity contribution >= 4 is 11.7 Å². The molecule has 0 radical (unpaired) electrons. The first-order valence-electron chi connectivity index (χ1n) is 5.62. The van der Waals surface area contributed by atoms with Crippen molar-refractivity contribution in [2.24, 2.45) is 11.8 Å². The molecule has 0 saturated carbocycles. The van der Waals surface area contributed by atoms with Crippen LogP contribution in [0, 0.1) is 11.8 Å². The summed E-state index contributed by atoms with van der Waals surface area (Å²) >= 11 is 0. The fourth-order valence-electron chi connectivity index (χ4n) is 2.00. The van der Waals surface area contributed by atoms with Crippen LogP contribution in [0.25, 0.3) is 0 Å². The lowest BCUT2D eigenvalue weighted by molar-refractivity contribution is -0.181. The molecule has 104 valence electrons. The van der Waals surface area contributed by atoms with E-state index in [0.717, 1.165) is 0 Å². The number of aromatic nitrogens is 1. The van der Waals surface area contributed by atoms with Gasteiger partial charge < -0.3 is 15.7 Å². The van der Waals surface area contributed by atoms with Gasteiger partial charge in [-0.2, -0.15) is 13.2 Å². The molecule has 5 nitrogen and oxygen atoms in total. The minimum absolute atomic E-state index is 0.0520. The number of hydrogen-bond donors (Lipinski definition) is 3. The molecule has 1 amide bonds. The van der Waals surface area contributed by atoms with E-state index in [1.807, 2.05) is 0 Å². The molecule has 1 aliphatic rings. The topological polar surface area (TPSA) is 74.2 Å². The molecule has 2 atom stereocenters. The largest absolute Gasteiger partial charge is 0.504 e. The molecule has 2 rings (SSSR count). The second kappa shape index (κ2) is 5.04. The number of hydrogen-bond acceptors (Lipinski definition) is 4. The summed E-state index contributed by atoms with van der Waals surface area (Å²) < 4.78 is 38.1. The summed E-state index contributed by atoms with van der Waals surface area (Å²) in [4.78, 5) is 15.5. The SMILES string of the molecule is O=C(Nc1ncccc1O)[C@@H]1CNC[C@H]1C(F)(F)F. The monoisotopic (exact) mass is 275 g/mol. The van der Waals surface area contributed by atoms with E-state index in [1.165, 1.54) is 18.3 Å². The second-order valence-corrected chi connectivity index (χ2v) is 4.27. The van der Waals surface area contributed by atoms with Gasteiger partial charge in [0.1, 0.15) is 0 Å². The van der Waals surface area contributed by atoms with Gasteiger partial charge in [-0.1, -0.05) is 0 Å². The molecule has 2 heterocycles. The molecule has 0 bridgehead atoms. The highest BCUT2D eigenvalue weighted by molar-refractivity contribution is 5.93. The lowest BCUT2D eigenvalue weighted by atomic mass is 9.94. The summed E-state index contributed by atoms with van der Waals surface area (Å²) in [5.74, 6) is -4.17. The van der Waals surface area contributed by atoms with Crippen LogP contribution in [0.4, 0.5) is 19.0 Å². The van der Waals surface area contributed by atoms with Gasteiger partial charge >= 0.3 is 6.18 Å². The predicted octanol–water partition coefficient (Wildman–Crippen LogP) is 1.12. The number of nitrogens with zero attached hydrogens (tertiary/aromatic N) is 1. The molecule has 0 unspecified atom stereocenters. The van der Waals surface area contributed by atoms with Crippen molar-refractivity contribution in [1.82, 2.24) is 10.3 Å². The average Bonchev–Trinajstić information content (AvgIpc) is 2.81. The highest BCUT2D eigenvalue weighted by atomic mass is 19.4. The number of carbonyl (C=O) groups excluding carboxylic acids is 1. The molecule has 1 aliphatic heterocycles. The van der Waals surface area contributed by atoms with Crippen LogP contribution in [0.1, 0.15) is 0 Å². The number of rotatable bonds is 2. The Morgan fingerprint density at radius 1 is 1.47 bits per heavy atom. The zero-order valence-corrected chi connectivity index (χ0v) is 9.74. The average molecular weight is 275 g/mol. The smallest absolute Gasteiger partial charge is 0.393 e. The Morgan fingerprint density at radius 2 is 2.21 bits per heavy atom. The molecule has 1 aromatic heterocycles. The van der Waals surface area contributed by atoms with E-state index in [2.05, 4.69) is 15.6 Å². The lowest BCUT2D eigenvalue weighted by Crippen LogP contribution is -2.36. The Hall–Kier alpha value is -1.83. The van der Waals surface area contributed by atoms with Crippen LogP contribution in [-0.4, -0.2) is 35.3 Å². The van der Waals surface area contributed by atoms with Crippen LogP contribution in [0.3, 0.4) is 0 Å². The number of carbonyl (C=O) groups is 1. The minimum Gasteiger partial charge on any atom is -0.504 e. The summed E-state index contributed by atoms with van der Waals surface area (Å²) in [6.07, 6.45) is -3.11. The fourth-order valence-corrected chi connectivity index (χ4v) is 2.00. The predicted molar refractivity (Wildman–Crippen MR) is 60.4 cm³/mol. The number of pyridine rings is 1. The number of halogens is 3. The summed E-state index contributed by atoms with van der Waals surface area (Å²) in [5.41, 5.74) is 0. The first-order valence-corrected chi connectivity index (χ1v) is 5.62. The molecular weight excluding hydrogens is 263 g/mol. The van der Waals surface area contributed by atoms with E-state index < -0.39 is 23.9 Å². The molecule has 1 aromatic rings. The highest BCUT2D eigenvalue weighted by Crippen LogP contribution is 2.35. The third-order valence-corrected chi connectivity index (χ3v) is 3.00. The van der Waals surface area contributed by atoms with Gasteiger partial charge in [0.2, 0.25) is 5.91 Å². The Labute approximate surface area is 106 Å². The Balaban J connectivity index is 2.10. The molecular formula is C11H12F3N3O2. The number of nitrogens with one attached hydrogen (secondary N) is 2. The highest BCUT2D eigenvalue weighted by Gasteiger charge is 2.49. The number of anilines is 1. The van der Waals surface area contributed by atoms with Gasteiger partial charge in [-0.3, -0.25) is 4.79 Å². The van der Waals surface area contributed by atoms with Crippen LogP contribution in [0.15, 0.2) is 18.3 Å². The number of amides is 1. The van der Waals surface area contributed by atoms with Crippen molar-refractivity contribution in [1.29, 1.82) is 0 Å². The molecule has 0 aromatic carbocycles. The van der Waals surface area contributed by atoms with Crippen molar-refractivity contribution in [3.8, 4) is 5.75 Å². The molecule has 19 heavy (non-hydrogen) atoms. The van der Waals surface area contributed by atoms with E-state index in [0.29, 0.717) is 0 Å². The van der Waals surface area contributed by atoms with Gasteiger partial charge in [0.25, 0.3) is 0 Å². The van der Waals surface area contributed by atoms with E-state index >= 15 is 0 Å². The lowest BCUT2D eigenvalue weighted by Gasteiger charge is -2.20. The zero-order chi connectivity index (χ0) is 14.0. The minimum atomic E-state index is -4.43. The van der Waals surface area contributed by atoms with Crippen LogP contribution >= 0.6 is 0 Å². The molecule has 3 N–H and O–H groups in total. The quantitative estimate of drug-likeness (QED) is 0.756. The summed E-state index contributed by atoms with van der Waals surface area (Å²) in [5, 5.41) is 14.2. The second-order valence-electron chi connectivity index (χ2n) is 4.27. The molecule has 0 spiro atoms. The van der Waals surface area contributed by atoms with Crippen molar-refractivity contribution in [2.45, 2.75) is 6.18 Å². The van der Waals surface area contributed by atoms with Crippen LogP contribution < -0.4 is 10.6 Å². The summed E-state index contributed by atoms with van der Waals surface area (Å²) in [6.45, 7) is -0.334. The standard InChI is InChI=1S/C11H12F3N3O2/c12-11(13,14)7-5-15-4-6(7)10(19)17-9-8(18)2-1-3-16-9/h1-3,6-7,15,18H,4-5H2,(H,16,17,19)/t6-,7-/m1/s1. The zero-order valence-electron chi connectivity index (χ0n) is 9.74. The molecule has 0 aliphatic carbocycles. The summed E-state index contributed by atoms with van der Waals surface area (Å²) in [6, 6.07) is 2.73. The number of aromatic hydroxyl groups is 1. The van der Waals surface area contributed by atoms with Crippen molar-refractivity contribution < 1.29 is 23.1 Å². The van der Waals surface area contributed by atoms with E-state index in [1.54, 1.807) is 0 Å². The van der Waals surface area contributed by atoms with E-state index in [4.69, 9.17) is 0 Å². The van der Waals surface area contributed by atoms with Crippen LogP contribution in [0.5, 0.6) is 5.75 Å². The van der Waals surface area contributed by atoms with Gasteiger partial charge in [-0.05, 0) is 12.1 Å². The molecule has 1 saturated heterocycles. The Morgan fingerprint density at radius 3 is 2.84 bits per heavy atom. The van der Waals surface area contributed by atoms with Crippen molar-refractivity contribution in [3.05, 3.63) is 18.3 Å². The normalized spacial score (nSPS) is 23.3. The molecule has 8 heteroatoms. The van der Waals surface area contributed by atoms with E-state index in [9.17, 15) is 23.1 Å². The summed E-state index contributed by atoms with van der Waals surface area (Å²) in [7, 11) is 0. The van der Waals surface area contributed by atoms with Gasteiger partial charge in [0, 0.05) is 19.3 Å². The van der Waals surface area contributed by atoms with Crippen LogP contribution in [-0.2, 0) is 4.79 Å². The van der Waals surface area contributed by atoms with Gasteiger partial charge in [0.15, 0.2) is 11.6 Å². The van der Waals surface area contributed by atoms with Gasteiger partial charge in [0.05, 0.1) is 11.8 Å². The first-order chi connectivity index (χ1) is 8.89. The van der Waals surface area contributed by atoms with Gasteiger partial charge in [-0.15, -0.1) is 0 Å². The third kappa shape index (κ3) is 2.95. The molecule has 1 fully saturated rings. The maximum atomic E-state index is 12.7. The van der Waals surface area contributed by atoms with Crippen molar-refractivity contribution in [2.75, 3.05) is 18.4 Å².